The average Bonchev–Trinajstić information content (AvgIpc) is 3.41. The molecule has 6 nitrogen and oxygen atoms in total. The first-order valence-corrected chi connectivity index (χ1v) is 9.86. The van der Waals surface area contributed by atoms with E-state index in [-0.39, 0.29) is 23.8 Å². The van der Waals surface area contributed by atoms with Crippen LogP contribution in [-0.4, -0.2) is 35.2 Å². The van der Waals surface area contributed by atoms with Crippen LogP contribution >= 0.6 is 0 Å². The van der Waals surface area contributed by atoms with Crippen LogP contribution in [-0.2, 0) is 19.9 Å². The van der Waals surface area contributed by atoms with Gasteiger partial charge in [0.05, 0.1) is 17.5 Å². The molecule has 0 aliphatic carbocycles. The maximum atomic E-state index is 13.6. The van der Waals surface area contributed by atoms with Crippen molar-refractivity contribution in [1.82, 2.24) is 4.90 Å². The van der Waals surface area contributed by atoms with Crippen molar-refractivity contribution in [2.45, 2.75) is 24.4 Å². The molecule has 0 unspecified atom stereocenters. The third-order valence-corrected chi connectivity index (χ3v) is 6.98. The molecule has 4 atom stereocenters. The van der Waals surface area contributed by atoms with E-state index in [1.165, 1.54) is 24.3 Å². The minimum atomic E-state index is -1.16. The number of nitrogens with one attached hydrogen (secondary N) is 1. The number of fused-ring (bicyclic) bond motifs is 7. The highest BCUT2D eigenvalue weighted by Gasteiger charge is 2.74. The molecule has 4 heterocycles. The topological polar surface area (TPSA) is 69.7 Å². The summed E-state index contributed by atoms with van der Waals surface area (Å²) in [6.07, 6.45) is 1.65. The zero-order valence-corrected chi connectivity index (χ0v) is 15.5. The van der Waals surface area contributed by atoms with Crippen molar-refractivity contribution in [2.24, 2.45) is 11.8 Å². The summed E-state index contributed by atoms with van der Waals surface area (Å²) in [7, 11) is 0. The number of para-hydroxylation sites is 1. The Morgan fingerprint density at radius 1 is 1.00 bits per heavy atom. The fraction of sp³-hybridized carbons (Fsp3) is 0.318. The first-order valence-electron chi connectivity index (χ1n) is 9.86. The first-order chi connectivity index (χ1) is 14.0. The molecule has 6 rings (SSSR count). The van der Waals surface area contributed by atoms with E-state index in [2.05, 4.69) is 10.2 Å². The Labute approximate surface area is 166 Å². The van der Waals surface area contributed by atoms with Gasteiger partial charge in [-0.2, -0.15) is 0 Å². The first kappa shape index (κ1) is 16.9. The Kier molecular flexibility index (Phi) is 3.20. The van der Waals surface area contributed by atoms with Crippen LogP contribution in [0.4, 0.5) is 15.8 Å². The highest BCUT2D eigenvalue weighted by Crippen LogP contribution is 2.60. The fourth-order valence-corrected chi connectivity index (χ4v) is 6.00. The molecule has 4 aliphatic rings. The minimum absolute atomic E-state index is 0.154. The maximum Gasteiger partial charge on any atom is 0.250 e. The monoisotopic (exact) mass is 391 g/mol. The molecular weight excluding hydrogens is 373 g/mol. The molecule has 0 bridgehead atoms. The van der Waals surface area contributed by atoms with Crippen LogP contribution in [0.5, 0.6) is 0 Å². The van der Waals surface area contributed by atoms with E-state index in [4.69, 9.17) is 0 Å². The van der Waals surface area contributed by atoms with Crippen molar-refractivity contribution in [3.8, 4) is 0 Å². The summed E-state index contributed by atoms with van der Waals surface area (Å²) in [5.74, 6) is -2.71. The molecule has 3 fully saturated rings. The van der Waals surface area contributed by atoms with E-state index in [0.717, 1.165) is 23.3 Å². The standard InChI is InChI=1S/C22H18FN3O3/c23-12-7-9-13(10-8-12)26-19(27)17-16-6-3-11-25(16)22(18(17)20(26)28)14-4-1-2-5-15(14)24-21(22)29/h1-2,4-5,7-10,16-18H,3,6,11H2,(H,24,29)/t16-,17+,18-,22+/m0/s1. The number of anilines is 2. The van der Waals surface area contributed by atoms with Crippen LogP contribution in [0.15, 0.2) is 48.5 Å². The lowest BCUT2D eigenvalue weighted by atomic mass is 9.75. The predicted octanol–water partition coefficient (Wildman–Crippen LogP) is 2.26. The Morgan fingerprint density at radius 2 is 1.76 bits per heavy atom. The molecule has 146 valence electrons. The highest BCUT2D eigenvalue weighted by atomic mass is 19.1. The van der Waals surface area contributed by atoms with E-state index < -0.39 is 23.2 Å². The molecule has 0 radical (unpaired) electrons. The molecule has 3 amide bonds. The molecule has 4 aliphatic heterocycles. The van der Waals surface area contributed by atoms with Gasteiger partial charge < -0.3 is 5.32 Å². The van der Waals surface area contributed by atoms with Gasteiger partial charge in [-0.3, -0.25) is 19.3 Å². The SMILES string of the molecule is O=C1[C@H]2[C@@H](C(=O)N1c1ccc(F)cc1)[C@]1(C(=O)Nc3ccccc31)N1CCC[C@@H]21. The quantitative estimate of drug-likeness (QED) is 0.757. The average molecular weight is 391 g/mol. The van der Waals surface area contributed by atoms with Gasteiger partial charge in [0.2, 0.25) is 17.7 Å². The predicted molar refractivity (Wildman–Crippen MR) is 102 cm³/mol. The number of nitrogens with zero attached hydrogens (tertiary/aromatic N) is 2. The largest absolute Gasteiger partial charge is 0.324 e. The second-order valence-electron chi connectivity index (χ2n) is 8.16. The third kappa shape index (κ3) is 1.86. The summed E-state index contributed by atoms with van der Waals surface area (Å²) in [6.45, 7) is 0.677. The third-order valence-electron chi connectivity index (χ3n) is 6.98. The van der Waals surface area contributed by atoms with Gasteiger partial charge in [-0.15, -0.1) is 0 Å². The van der Waals surface area contributed by atoms with Gasteiger partial charge in [0.15, 0.2) is 0 Å². The number of amides is 3. The highest BCUT2D eigenvalue weighted by molar-refractivity contribution is 6.25. The Bertz CT molecular complexity index is 1080. The van der Waals surface area contributed by atoms with Crippen molar-refractivity contribution in [1.29, 1.82) is 0 Å². The Morgan fingerprint density at radius 3 is 2.55 bits per heavy atom. The van der Waals surface area contributed by atoms with Gasteiger partial charge in [-0.25, -0.2) is 9.29 Å². The molecule has 2 aromatic carbocycles. The van der Waals surface area contributed by atoms with E-state index in [9.17, 15) is 18.8 Å². The maximum absolute atomic E-state index is 13.6. The zero-order valence-electron chi connectivity index (χ0n) is 15.5. The summed E-state index contributed by atoms with van der Waals surface area (Å²) in [5, 5.41) is 2.94. The number of rotatable bonds is 1. The molecule has 3 saturated heterocycles. The number of carbonyl (C=O) groups excluding carboxylic acids is 3. The lowest BCUT2D eigenvalue weighted by Crippen LogP contribution is -2.54. The summed E-state index contributed by atoms with van der Waals surface area (Å²) in [5.41, 5.74) is 0.655. The van der Waals surface area contributed by atoms with Gasteiger partial charge in [0.1, 0.15) is 11.4 Å². The number of halogens is 1. The van der Waals surface area contributed by atoms with Crippen molar-refractivity contribution in [3.63, 3.8) is 0 Å². The van der Waals surface area contributed by atoms with E-state index in [1.54, 1.807) is 0 Å². The Balaban J connectivity index is 1.55. The van der Waals surface area contributed by atoms with Gasteiger partial charge >= 0.3 is 0 Å². The van der Waals surface area contributed by atoms with E-state index in [1.807, 2.05) is 24.3 Å². The summed E-state index contributed by atoms with van der Waals surface area (Å²) < 4.78 is 13.4. The van der Waals surface area contributed by atoms with Crippen LogP contribution in [0.25, 0.3) is 0 Å². The number of benzene rings is 2. The number of hydrogen-bond acceptors (Lipinski definition) is 4. The number of imide groups is 1. The van der Waals surface area contributed by atoms with Gasteiger partial charge in [0, 0.05) is 17.3 Å². The van der Waals surface area contributed by atoms with Crippen LogP contribution in [0.3, 0.4) is 0 Å². The van der Waals surface area contributed by atoms with Crippen molar-refractivity contribution in [3.05, 3.63) is 59.9 Å². The van der Waals surface area contributed by atoms with Crippen molar-refractivity contribution < 1.29 is 18.8 Å². The molecular formula is C22H18FN3O3. The second kappa shape index (κ2) is 5.51. The van der Waals surface area contributed by atoms with Gasteiger partial charge in [-0.05, 0) is 49.7 Å². The van der Waals surface area contributed by atoms with Crippen LogP contribution in [0.1, 0.15) is 18.4 Å². The van der Waals surface area contributed by atoms with Crippen molar-refractivity contribution >= 4 is 29.1 Å². The van der Waals surface area contributed by atoms with Crippen LogP contribution in [0.2, 0.25) is 0 Å². The van der Waals surface area contributed by atoms with Gasteiger partial charge in [0.25, 0.3) is 0 Å². The van der Waals surface area contributed by atoms with Crippen LogP contribution in [0, 0.1) is 17.7 Å². The summed E-state index contributed by atoms with van der Waals surface area (Å²) >= 11 is 0. The smallest absolute Gasteiger partial charge is 0.250 e. The van der Waals surface area contributed by atoms with Gasteiger partial charge in [-0.1, -0.05) is 18.2 Å². The van der Waals surface area contributed by atoms with Crippen molar-refractivity contribution in [2.75, 3.05) is 16.8 Å². The lowest BCUT2D eigenvalue weighted by Gasteiger charge is -2.36. The minimum Gasteiger partial charge on any atom is -0.324 e. The normalized spacial score (nSPS) is 32.7. The molecule has 29 heavy (non-hydrogen) atoms. The molecule has 7 heteroatoms. The second-order valence-corrected chi connectivity index (χ2v) is 8.16. The molecule has 0 aromatic heterocycles. The van der Waals surface area contributed by atoms with E-state index >= 15 is 0 Å². The summed E-state index contributed by atoms with van der Waals surface area (Å²) in [4.78, 5) is 43.7. The molecule has 1 N–H and O–H groups in total. The number of hydrogen-bond donors (Lipinski definition) is 1. The fourth-order valence-electron chi connectivity index (χ4n) is 6.00. The molecule has 0 saturated carbocycles. The van der Waals surface area contributed by atoms with E-state index in [0.29, 0.717) is 17.9 Å². The Hall–Kier alpha value is -3.06. The molecule has 2 aromatic rings. The lowest BCUT2D eigenvalue weighted by molar-refractivity contribution is -0.135. The zero-order chi connectivity index (χ0) is 19.9. The summed E-state index contributed by atoms with van der Waals surface area (Å²) in [6, 6.07) is 12.6. The molecule has 1 spiro atoms. The number of carbonyl (C=O) groups is 3. The van der Waals surface area contributed by atoms with Crippen LogP contribution < -0.4 is 10.2 Å².